The second kappa shape index (κ2) is 5.61. The summed E-state index contributed by atoms with van der Waals surface area (Å²) < 4.78 is 0. The lowest BCUT2D eigenvalue weighted by atomic mass is 10.3. The summed E-state index contributed by atoms with van der Waals surface area (Å²) >= 11 is 0. The molecule has 0 saturated heterocycles. The Morgan fingerprint density at radius 2 is 1.86 bits per heavy atom. The highest BCUT2D eigenvalue weighted by Gasteiger charge is 2.16. The van der Waals surface area contributed by atoms with E-state index in [0.29, 0.717) is 6.54 Å². The van der Waals surface area contributed by atoms with Gasteiger partial charge in [0.1, 0.15) is 0 Å². The van der Waals surface area contributed by atoms with Crippen LogP contribution in [0.3, 0.4) is 0 Å². The van der Waals surface area contributed by atoms with Crippen molar-refractivity contribution in [3.8, 4) is 6.07 Å². The fourth-order valence-electron chi connectivity index (χ4n) is 0.848. The van der Waals surface area contributed by atoms with Gasteiger partial charge in [0, 0.05) is 13.1 Å². The second-order valence-electron chi connectivity index (χ2n) is 3.82. The SMILES string of the molecule is CC(C#N)N(C)CC(=O)N(C)C(C)C. The number of hydrogen-bond donors (Lipinski definition) is 0. The van der Waals surface area contributed by atoms with Crippen LogP contribution >= 0.6 is 0 Å². The van der Waals surface area contributed by atoms with Crippen LogP contribution in [0.25, 0.3) is 0 Å². The molecular weight excluding hydrogens is 178 g/mol. The molecule has 0 N–H and O–H groups in total. The van der Waals surface area contributed by atoms with Crippen LogP contribution in [0.1, 0.15) is 20.8 Å². The predicted molar refractivity (Wildman–Crippen MR) is 55.6 cm³/mol. The quantitative estimate of drug-likeness (QED) is 0.666. The van der Waals surface area contributed by atoms with Gasteiger partial charge in [0.25, 0.3) is 0 Å². The Hall–Kier alpha value is -1.08. The maximum Gasteiger partial charge on any atom is 0.236 e. The van der Waals surface area contributed by atoms with Gasteiger partial charge in [0.2, 0.25) is 5.91 Å². The van der Waals surface area contributed by atoms with E-state index >= 15 is 0 Å². The van der Waals surface area contributed by atoms with Crippen LogP contribution in [-0.4, -0.2) is 48.4 Å². The molecule has 1 unspecified atom stereocenters. The molecule has 4 nitrogen and oxygen atoms in total. The lowest BCUT2D eigenvalue weighted by molar-refractivity contribution is -0.132. The maximum absolute atomic E-state index is 11.6. The molecule has 0 aromatic heterocycles. The number of rotatable bonds is 4. The molecule has 0 aliphatic carbocycles. The Morgan fingerprint density at radius 3 is 2.21 bits per heavy atom. The molecule has 14 heavy (non-hydrogen) atoms. The first-order valence-electron chi connectivity index (χ1n) is 4.75. The summed E-state index contributed by atoms with van der Waals surface area (Å²) in [7, 11) is 3.55. The van der Waals surface area contributed by atoms with Gasteiger partial charge in [-0.05, 0) is 27.8 Å². The Balaban J connectivity index is 4.14. The number of amides is 1. The van der Waals surface area contributed by atoms with E-state index in [1.165, 1.54) is 0 Å². The first kappa shape index (κ1) is 12.9. The lowest BCUT2D eigenvalue weighted by Crippen LogP contribution is -2.42. The van der Waals surface area contributed by atoms with Gasteiger partial charge in [-0.1, -0.05) is 0 Å². The summed E-state index contributed by atoms with van der Waals surface area (Å²) in [6.07, 6.45) is 0. The van der Waals surface area contributed by atoms with E-state index in [1.807, 2.05) is 13.8 Å². The standard InChI is InChI=1S/C10H19N3O/c1-8(2)13(5)10(14)7-12(4)9(3)6-11/h8-9H,7H2,1-5H3. The minimum Gasteiger partial charge on any atom is -0.342 e. The van der Waals surface area contributed by atoms with Crippen molar-refractivity contribution in [2.45, 2.75) is 32.9 Å². The summed E-state index contributed by atoms with van der Waals surface area (Å²) in [6.45, 7) is 6.00. The van der Waals surface area contributed by atoms with Crippen molar-refractivity contribution in [3.05, 3.63) is 0 Å². The van der Waals surface area contributed by atoms with Gasteiger partial charge in [0.05, 0.1) is 18.7 Å². The van der Waals surface area contributed by atoms with Gasteiger partial charge in [-0.3, -0.25) is 9.69 Å². The summed E-state index contributed by atoms with van der Waals surface area (Å²) in [6, 6.07) is 2.07. The third-order valence-corrected chi connectivity index (χ3v) is 2.40. The molecule has 0 radical (unpaired) electrons. The van der Waals surface area contributed by atoms with Gasteiger partial charge in [-0.15, -0.1) is 0 Å². The molecule has 1 atom stereocenters. The van der Waals surface area contributed by atoms with E-state index in [1.54, 1.807) is 30.8 Å². The van der Waals surface area contributed by atoms with Crippen LogP contribution in [-0.2, 0) is 4.79 Å². The molecular formula is C10H19N3O. The molecule has 0 saturated carbocycles. The normalized spacial score (nSPS) is 12.7. The lowest BCUT2D eigenvalue weighted by Gasteiger charge is -2.25. The molecule has 0 aromatic rings. The van der Waals surface area contributed by atoms with Crippen LogP contribution in [0.4, 0.5) is 0 Å². The molecule has 0 bridgehead atoms. The minimum atomic E-state index is -0.223. The van der Waals surface area contributed by atoms with Crippen LogP contribution < -0.4 is 0 Å². The van der Waals surface area contributed by atoms with E-state index < -0.39 is 0 Å². The third-order valence-electron chi connectivity index (χ3n) is 2.40. The number of nitrogens with zero attached hydrogens (tertiary/aromatic N) is 3. The van der Waals surface area contributed by atoms with Crippen LogP contribution in [0.15, 0.2) is 0 Å². The van der Waals surface area contributed by atoms with Gasteiger partial charge in [-0.2, -0.15) is 5.26 Å². The van der Waals surface area contributed by atoms with Crippen molar-refractivity contribution >= 4 is 5.91 Å². The van der Waals surface area contributed by atoms with Gasteiger partial charge in [-0.25, -0.2) is 0 Å². The van der Waals surface area contributed by atoms with Crippen molar-refractivity contribution in [3.63, 3.8) is 0 Å². The zero-order valence-corrected chi connectivity index (χ0v) is 9.61. The number of likely N-dealkylation sites (N-methyl/N-ethyl adjacent to an activating group) is 2. The highest BCUT2D eigenvalue weighted by atomic mass is 16.2. The molecule has 0 spiro atoms. The Kier molecular flexibility index (Phi) is 5.18. The summed E-state index contributed by atoms with van der Waals surface area (Å²) in [5.74, 6) is 0.0459. The number of nitriles is 1. The Labute approximate surface area is 86.1 Å². The highest BCUT2D eigenvalue weighted by Crippen LogP contribution is 1.98. The third kappa shape index (κ3) is 3.75. The predicted octanol–water partition coefficient (Wildman–Crippen LogP) is 0.697. The summed E-state index contributed by atoms with van der Waals surface area (Å²) in [5, 5.41) is 8.65. The van der Waals surface area contributed by atoms with Gasteiger partial charge >= 0.3 is 0 Å². The monoisotopic (exact) mass is 197 g/mol. The molecule has 4 heteroatoms. The van der Waals surface area contributed by atoms with Crippen LogP contribution in [0.5, 0.6) is 0 Å². The molecule has 0 fully saturated rings. The molecule has 0 aliphatic rings. The van der Waals surface area contributed by atoms with Crippen molar-refractivity contribution in [1.29, 1.82) is 5.26 Å². The minimum absolute atomic E-state index is 0.0459. The van der Waals surface area contributed by atoms with Crippen LogP contribution in [0.2, 0.25) is 0 Å². The van der Waals surface area contributed by atoms with E-state index in [4.69, 9.17) is 5.26 Å². The second-order valence-corrected chi connectivity index (χ2v) is 3.82. The first-order valence-corrected chi connectivity index (χ1v) is 4.75. The highest BCUT2D eigenvalue weighted by molar-refractivity contribution is 5.78. The largest absolute Gasteiger partial charge is 0.342 e. The molecule has 0 heterocycles. The summed E-state index contributed by atoms with van der Waals surface area (Å²) in [5.41, 5.74) is 0. The van der Waals surface area contributed by atoms with E-state index in [-0.39, 0.29) is 18.0 Å². The fraction of sp³-hybridized carbons (Fsp3) is 0.800. The smallest absolute Gasteiger partial charge is 0.236 e. The van der Waals surface area contributed by atoms with E-state index in [0.717, 1.165) is 0 Å². The molecule has 0 aliphatic heterocycles. The number of carbonyl (C=O) groups is 1. The number of carbonyl (C=O) groups excluding carboxylic acids is 1. The summed E-state index contributed by atoms with van der Waals surface area (Å²) in [4.78, 5) is 15.0. The van der Waals surface area contributed by atoms with E-state index in [2.05, 4.69) is 6.07 Å². The molecule has 0 aromatic carbocycles. The molecule has 80 valence electrons. The van der Waals surface area contributed by atoms with Gasteiger partial charge in [0.15, 0.2) is 0 Å². The Bertz CT molecular complexity index is 232. The molecule has 0 rings (SSSR count). The first-order chi connectivity index (χ1) is 6.40. The maximum atomic E-state index is 11.6. The van der Waals surface area contributed by atoms with Crippen molar-refractivity contribution in [2.24, 2.45) is 0 Å². The zero-order valence-electron chi connectivity index (χ0n) is 9.61. The van der Waals surface area contributed by atoms with Gasteiger partial charge < -0.3 is 4.90 Å². The zero-order chi connectivity index (χ0) is 11.3. The average Bonchev–Trinajstić information content (AvgIpc) is 2.14. The van der Waals surface area contributed by atoms with Crippen molar-refractivity contribution in [1.82, 2.24) is 9.80 Å². The number of hydrogen-bond acceptors (Lipinski definition) is 3. The van der Waals surface area contributed by atoms with Crippen molar-refractivity contribution in [2.75, 3.05) is 20.6 Å². The Morgan fingerprint density at radius 1 is 1.36 bits per heavy atom. The van der Waals surface area contributed by atoms with E-state index in [9.17, 15) is 4.79 Å². The fourth-order valence-corrected chi connectivity index (χ4v) is 0.848. The van der Waals surface area contributed by atoms with Crippen molar-refractivity contribution < 1.29 is 4.79 Å². The molecule has 1 amide bonds. The topological polar surface area (TPSA) is 47.3 Å². The van der Waals surface area contributed by atoms with Crippen LogP contribution in [0, 0.1) is 11.3 Å². The average molecular weight is 197 g/mol.